The summed E-state index contributed by atoms with van der Waals surface area (Å²) in [5, 5.41) is 12.3. The third-order valence-electron chi connectivity index (χ3n) is 1.93. The number of phenolic OH excluding ortho intramolecular Hbond substituents is 1. The van der Waals surface area contributed by atoms with E-state index in [9.17, 15) is 13.2 Å². The second-order valence-corrected chi connectivity index (χ2v) is 3.24. The zero-order chi connectivity index (χ0) is 13.6. The van der Waals surface area contributed by atoms with E-state index in [1.165, 1.54) is 6.07 Å². The van der Waals surface area contributed by atoms with Crippen LogP contribution in [0.4, 0.5) is 13.2 Å². The molecule has 18 heavy (non-hydrogen) atoms. The highest BCUT2D eigenvalue weighted by atomic mass is 19.4. The van der Waals surface area contributed by atoms with Gasteiger partial charge in [0.05, 0.1) is 5.56 Å². The van der Waals surface area contributed by atoms with Gasteiger partial charge in [0, 0.05) is 23.4 Å². The molecule has 1 aromatic carbocycles. The van der Waals surface area contributed by atoms with Gasteiger partial charge in [0.25, 0.3) is 0 Å². The molecule has 7 heteroatoms. The largest absolute Gasteiger partial charge is 0.507 e. The van der Waals surface area contributed by atoms with Crippen molar-refractivity contribution in [2.24, 2.45) is 5.11 Å². The zero-order valence-corrected chi connectivity index (χ0v) is 9.07. The number of alkyl halides is 3. The molecule has 0 spiro atoms. The molecule has 0 amide bonds. The average molecular weight is 255 g/mol. The van der Waals surface area contributed by atoms with Gasteiger partial charge in [-0.1, -0.05) is 17.0 Å². The Bertz CT molecular complexity index is 537. The van der Waals surface area contributed by atoms with Gasteiger partial charge in [-0.25, -0.2) is 0 Å². The summed E-state index contributed by atoms with van der Waals surface area (Å²) in [7, 11) is 0. The lowest BCUT2D eigenvalue weighted by Crippen LogP contribution is -2.05. The molecular weight excluding hydrogens is 247 g/mol. The summed E-state index contributed by atoms with van der Waals surface area (Å²) in [4.78, 5) is 2.51. The second kappa shape index (κ2) is 5.84. The Morgan fingerprint density at radius 3 is 2.72 bits per heavy atom. The Labute approximate surface area is 101 Å². The molecule has 1 N–H and O–H groups in total. The maximum Gasteiger partial charge on any atom is 0.419 e. The summed E-state index contributed by atoms with van der Waals surface area (Å²) in [5.41, 5.74) is 7.02. The van der Waals surface area contributed by atoms with Crippen molar-refractivity contribution in [1.29, 1.82) is 0 Å². The highest BCUT2D eigenvalue weighted by Crippen LogP contribution is 2.35. The SMILES string of the molecule is [N-]=[N+]=NCCC#Cc1ccc(O)c(C(F)(F)F)c1. The fourth-order valence-electron chi connectivity index (χ4n) is 1.16. The summed E-state index contributed by atoms with van der Waals surface area (Å²) >= 11 is 0. The number of phenols is 1. The fraction of sp³-hybridized carbons (Fsp3) is 0.273. The number of benzene rings is 1. The first-order chi connectivity index (χ1) is 8.45. The van der Waals surface area contributed by atoms with Crippen LogP contribution in [0.3, 0.4) is 0 Å². The topological polar surface area (TPSA) is 69.0 Å². The summed E-state index contributed by atoms with van der Waals surface area (Å²) in [5.74, 6) is 4.24. The van der Waals surface area contributed by atoms with Gasteiger partial charge in [-0.15, -0.1) is 0 Å². The smallest absolute Gasteiger partial charge is 0.419 e. The lowest BCUT2D eigenvalue weighted by molar-refractivity contribution is -0.138. The standard InChI is InChI=1S/C11H8F3N3O/c12-11(13,14)9-7-8(4-5-10(9)18)3-1-2-6-16-17-15/h4-5,7,18H,2,6H2. The van der Waals surface area contributed by atoms with Crippen LogP contribution in [0.15, 0.2) is 23.3 Å². The summed E-state index contributed by atoms with van der Waals surface area (Å²) in [6.07, 6.45) is -4.36. The molecule has 0 aliphatic carbocycles. The Kier molecular flexibility index (Phi) is 4.46. The molecular formula is C11H8F3N3O. The van der Waals surface area contributed by atoms with Gasteiger partial charge < -0.3 is 5.11 Å². The Morgan fingerprint density at radius 1 is 1.39 bits per heavy atom. The zero-order valence-electron chi connectivity index (χ0n) is 9.07. The average Bonchev–Trinajstić information content (AvgIpc) is 2.29. The molecule has 0 atom stereocenters. The van der Waals surface area contributed by atoms with Crippen molar-refractivity contribution in [3.05, 3.63) is 39.8 Å². The molecule has 0 fully saturated rings. The molecule has 0 saturated heterocycles. The Hall–Kier alpha value is -2.32. The number of azide groups is 1. The number of nitrogens with zero attached hydrogens (tertiary/aromatic N) is 3. The van der Waals surface area contributed by atoms with Crippen molar-refractivity contribution < 1.29 is 18.3 Å². The van der Waals surface area contributed by atoms with Crippen molar-refractivity contribution in [2.45, 2.75) is 12.6 Å². The molecule has 0 heterocycles. The van der Waals surface area contributed by atoms with Crippen LogP contribution in [-0.4, -0.2) is 11.7 Å². The van der Waals surface area contributed by atoms with Gasteiger partial charge in [-0.05, 0) is 23.7 Å². The summed E-state index contributed by atoms with van der Waals surface area (Å²) in [6.45, 7) is 0.160. The molecule has 0 aliphatic rings. The number of halogens is 3. The molecule has 0 bridgehead atoms. The second-order valence-electron chi connectivity index (χ2n) is 3.24. The summed E-state index contributed by atoms with van der Waals surface area (Å²) < 4.78 is 37.4. The quantitative estimate of drug-likeness (QED) is 0.284. The van der Waals surface area contributed by atoms with Gasteiger partial charge >= 0.3 is 6.18 Å². The van der Waals surface area contributed by atoms with E-state index in [1.807, 2.05) is 0 Å². The van der Waals surface area contributed by atoms with Crippen LogP contribution in [0, 0.1) is 11.8 Å². The number of aromatic hydroxyl groups is 1. The Balaban J connectivity index is 2.89. The number of hydrogen-bond acceptors (Lipinski definition) is 2. The molecule has 4 nitrogen and oxygen atoms in total. The fourth-order valence-corrected chi connectivity index (χ4v) is 1.16. The van der Waals surface area contributed by atoms with Gasteiger partial charge in [0.1, 0.15) is 5.75 Å². The van der Waals surface area contributed by atoms with E-state index < -0.39 is 17.5 Å². The van der Waals surface area contributed by atoms with Gasteiger partial charge in [0.2, 0.25) is 0 Å². The van der Waals surface area contributed by atoms with Crippen molar-refractivity contribution in [3.8, 4) is 17.6 Å². The van der Waals surface area contributed by atoms with E-state index in [1.54, 1.807) is 0 Å². The predicted molar refractivity (Wildman–Crippen MR) is 58.6 cm³/mol. The van der Waals surface area contributed by atoms with E-state index >= 15 is 0 Å². The van der Waals surface area contributed by atoms with Crippen LogP contribution in [0.5, 0.6) is 5.75 Å². The first-order valence-corrected chi connectivity index (χ1v) is 4.85. The number of hydrogen-bond donors (Lipinski definition) is 1. The van der Waals surface area contributed by atoms with Crippen molar-refractivity contribution in [3.63, 3.8) is 0 Å². The third kappa shape index (κ3) is 3.92. The van der Waals surface area contributed by atoms with Gasteiger partial charge in [-0.3, -0.25) is 0 Å². The highest BCUT2D eigenvalue weighted by molar-refractivity contribution is 5.44. The normalized spacial score (nSPS) is 10.2. The van der Waals surface area contributed by atoms with E-state index in [0.717, 1.165) is 12.1 Å². The molecule has 1 aromatic rings. The first kappa shape index (κ1) is 13.7. The molecule has 0 unspecified atom stereocenters. The van der Waals surface area contributed by atoms with E-state index in [0.29, 0.717) is 0 Å². The van der Waals surface area contributed by atoms with E-state index in [4.69, 9.17) is 10.6 Å². The first-order valence-electron chi connectivity index (χ1n) is 4.85. The maximum absolute atomic E-state index is 12.5. The van der Waals surface area contributed by atoms with Crippen LogP contribution >= 0.6 is 0 Å². The molecule has 0 saturated carbocycles. The monoisotopic (exact) mass is 255 g/mol. The maximum atomic E-state index is 12.5. The van der Waals surface area contributed by atoms with E-state index in [2.05, 4.69) is 21.9 Å². The molecule has 0 aromatic heterocycles. The van der Waals surface area contributed by atoms with Crippen molar-refractivity contribution >= 4 is 0 Å². The Morgan fingerprint density at radius 2 is 2.11 bits per heavy atom. The molecule has 0 radical (unpaired) electrons. The van der Waals surface area contributed by atoms with Crippen LogP contribution in [0.1, 0.15) is 17.5 Å². The number of rotatable bonds is 2. The minimum atomic E-state index is -4.62. The van der Waals surface area contributed by atoms with Crippen molar-refractivity contribution in [2.75, 3.05) is 6.54 Å². The third-order valence-corrected chi connectivity index (χ3v) is 1.93. The van der Waals surface area contributed by atoms with Gasteiger partial charge in [0.15, 0.2) is 0 Å². The molecule has 0 aliphatic heterocycles. The van der Waals surface area contributed by atoms with Crippen LogP contribution in [0.25, 0.3) is 10.4 Å². The van der Waals surface area contributed by atoms with Crippen LogP contribution < -0.4 is 0 Å². The molecule has 94 valence electrons. The summed E-state index contributed by atoms with van der Waals surface area (Å²) in [6, 6.07) is 3.00. The lowest BCUT2D eigenvalue weighted by atomic mass is 10.1. The minimum Gasteiger partial charge on any atom is -0.507 e. The van der Waals surface area contributed by atoms with E-state index in [-0.39, 0.29) is 18.5 Å². The molecule has 1 rings (SSSR count). The van der Waals surface area contributed by atoms with Gasteiger partial charge in [-0.2, -0.15) is 13.2 Å². The highest BCUT2D eigenvalue weighted by Gasteiger charge is 2.33. The van der Waals surface area contributed by atoms with Crippen molar-refractivity contribution in [1.82, 2.24) is 0 Å². The minimum absolute atomic E-state index is 0.140. The lowest BCUT2D eigenvalue weighted by Gasteiger charge is -2.08. The van der Waals surface area contributed by atoms with Crippen LogP contribution in [-0.2, 0) is 6.18 Å². The predicted octanol–water partition coefficient (Wildman–Crippen LogP) is 3.46. The van der Waals surface area contributed by atoms with Crippen LogP contribution in [0.2, 0.25) is 0 Å².